The van der Waals surface area contributed by atoms with Crippen molar-refractivity contribution in [3.05, 3.63) is 29.8 Å². The molecule has 1 atom stereocenters. The third-order valence-electron chi connectivity index (χ3n) is 2.21. The predicted molar refractivity (Wildman–Crippen MR) is 65.1 cm³/mol. The van der Waals surface area contributed by atoms with Gasteiger partial charge in [0.15, 0.2) is 0 Å². The molecule has 0 heterocycles. The molecular weight excluding hydrogens is 258 g/mol. The molecule has 0 spiro atoms. The van der Waals surface area contributed by atoms with E-state index in [0.717, 1.165) is 0 Å². The maximum atomic E-state index is 12.0. The summed E-state index contributed by atoms with van der Waals surface area (Å²) in [7, 11) is 0. The van der Waals surface area contributed by atoms with Gasteiger partial charge in [0, 0.05) is 24.7 Å². The number of hydrogen-bond donors (Lipinski definition) is 3. The molecule has 0 fully saturated rings. The minimum atomic E-state index is -2.91. The standard InChI is InChI=1S/C12H14F2N2O3/c1-7(17)16-9-4-2-3-8(5-9)12(19)15-6-10(18)11(13)14/h2-5,10-11,18H,6H2,1H3,(H,15,19)(H,16,17). The zero-order valence-corrected chi connectivity index (χ0v) is 10.2. The molecule has 0 aliphatic heterocycles. The van der Waals surface area contributed by atoms with Crippen molar-refractivity contribution in [1.29, 1.82) is 0 Å². The maximum Gasteiger partial charge on any atom is 0.265 e. The Balaban J connectivity index is 2.64. The third-order valence-corrected chi connectivity index (χ3v) is 2.21. The molecule has 1 rings (SSSR count). The Labute approximate surface area is 108 Å². The fourth-order valence-electron chi connectivity index (χ4n) is 1.33. The van der Waals surface area contributed by atoms with Gasteiger partial charge in [-0.15, -0.1) is 0 Å². The molecule has 0 saturated carbocycles. The summed E-state index contributed by atoms with van der Waals surface area (Å²) in [6.07, 6.45) is -4.81. The fraction of sp³-hybridized carbons (Fsp3) is 0.333. The highest BCUT2D eigenvalue weighted by Gasteiger charge is 2.17. The van der Waals surface area contributed by atoms with Gasteiger partial charge in [0.05, 0.1) is 0 Å². The lowest BCUT2D eigenvalue weighted by Crippen LogP contribution is -2.35. The van der Waals surface area contributed by atoms with Gasteiger partial charge in [0.2, 0.25) is 5.91 Å². The number of carbonyl (C=O) groups excluding carboxylic acids is 2. The van der Waals surface area contributed by atoms with Gasteiger partial charge in [0.25, 0.3) is 12.3 Å². The Morgan fingerprint density at radius 1 is 1.37 bits per heavy atom. The normalized spacial score (nSPS) is 12.1. The van der Waals surface area contributed by atoms with Gasteiger partial charge in [-0.3, -0.25) is 9.59 Å². The molecule has 0 saturated heterocycles. The minimum Gasteiger partial charge on any atom is -0.385 e. The fourth-order valence-corrected chi connectivity index (χ4v) is 1.33. The van der Waals surface area contributed by atoms with Gasteiger partial charge in [-0.1, -0.05) is 6.07 Å². The van der Waals surface area contributed by atoms with Crippen LogP contribution in [0.15, 0.2) is 24.3 Å². The van der Waals surface area contributed by atoms with Gasteiger partial charge in [-0.05, 0) is 18.2 Å². The summed E-state index contributed by atoms with van der Waals surface area (Å²) in [5.41, 5.74) is 0.627. The quantitative estimate of drug-likeness (QED) is 0.748. The Morgan fingerprint density at radius 2 is 2.05 bits per heavy atom. The predicted octanol–water partition coefficient (Wildman–Crippen LogP) is 1.00. The van der Waals surface area contributed by atoms with E-state index in [1.165, 1.54) is 19.1 Å². The van der Waals surface area contributed by atoms with Crippen molar-refractivity contribution in [2.24, 2.45) is 0 Å². The van der Waals surface area contributed by atoms with Crippen molar-refractivity contribution in [3.8, 4) is 0 Å². The van der Waals surface area contributed by atoms with E-state index in [4.69, 9.17) is 5.11 Å². The van der Waals surface area contributed by atoms with Gasteiger partial charge >= 0.3 is 0 Å². The number of carbonyl (C=O) groups is 2. The van der Waals surface area contributed by atoms with Crippen molar-refractivity contribution in [3.63, 3.8) is 0 Å². The van der Waals surface area contributed by atoms with E-state index < -0.39 is 25.0 Å². The SMILES string of the molecule is CC(=O)Nc1cccc(C(=O)NCC(O)C(F)F)c1. The van der Waals surface area contributed by atoms with E-state index in [1.807, 2.05) is 0 Å². The first-order valence-corrected chi connectivity index (χ1v) is 5.52. The van der Waals surface area contributed by atoms with Crippen molar-refractivity contribution < 1.29 is 23.5 Å². The molecule has 7 heteroatoms. The van der Waals surface area contributed by atoms with Crippen LogP contribution in [0.25, 0.3) is 0 Å². The lowest BCUT2D eigenvalue weighted by Gasteiger charge is -2.11. The molecule has 1 aromatic rings. The number of halogens is 2. The molecule has 0 radical (unpaired) electrons. The molecule has 104 valence electrons. The summed E-state index contributed by atoms with van der Waals surface area (Å²) in [4.78, 5) is 22.5. The maximum absolute atomic E-state index is 12.0. The Hall–Kier alpha value is -2.02. The van der Waals surface area contributed by atoms with E-state index in [2.05, 4.69) is 10.6 Å². The summed E-state index contributed by atoms with van der Waals surface area (Å²) < 4.78 is 24.1. The van der Waals surface area contributed by atoms with Crippen LogP contribution in [0.5, 0.6) is 0 Å². The van der Waals surface area contributed by atoms with Gasteiger partial charge < -0.3 is 15.7 Å². The zero-order valence-electron chi connectivity index (χ0n) is 10.2. The summed E-state index contributed by atoms with van der Waals surface area (Å²) in [6, 6.07) is 6.01. The average molecular weight is 272 g/mol. The van der Waals surface area contributed by atoms with Crippen molar-refractivity contribution in [2.75, 3.05) is 11.9 Å². The first kappa shape index (κ1) is 15.0. The number of rotatable bonds is 5. The van der Waals surface area contributed by atoms with Gasteiger partial charge in [-0.2, -0.15) is 0 Å². The molecule has 0 aromatic heterocycles. The lowest BCUT2D eigenvalue weighted by atomic mass is 10.2. The average Bonchev–Trinajstić information content (AvgIpc) is 2.34. The Bertz CT molecular complexity index is 466. The second kappa shape index (κ2) is 6.79. The number of nitrogens with one attached hydrogen (secondary N) is 2. The van der Waals surface area contributed by atoms with E-state index in [-0.39, 0.29) is 11.5 Å². The first-order valence-electron chi connectivity index (χ1n) is 5.52. The van der Waals surface area contributed by atoms with Crippen LogP contribution >= 0.6 is 0 Å². The van der Waals surface area contributed by atoms with Crippen molar-refractivity contribution in [1.82, 2.24) is 5.32 Å². The Kier molecular flexibility index (Phi) is 5.37. The number of benzene rings is 1. The number of alkyl halides is 2. The highest BCUT2D eigenvalue weighted by molar-refractivity contribution is 5.96. The molecule has 5 nitrogen and oxygen atoms in total. The largest absolute Gasteiger partial charge is 0.385 e. The van der Waals surface area contributed by atoms with E-state index >= 15 is 0 Å². The topological polar surface area (TPSA) is 78.4 Å². The van der Waals surface area contributed by atoms with Crippen molar-refractivity contribution in [2.45, 2.75) is 19.5 Å². The van der Waals surface area contributed by atoms with Crippen LogP contribution in [0.3, 0.4) is 0 Å². The van der Waals surface area contributed by atoms with Crippen LogP contribution in [-0.2, 0) is 4.79 Å². The van der Waals surface area contributed by atoms with E-state index in [9.17, 15) is 18.4 Å². The molecule has 0 aliphatic rings. The molecule has 0 bridgehead atoms. The molecular formula is C12H14F2N2O3. The van der Waals surface area contributed by atoms with E-state index in [0.29, 0.717) is 5.69 Å². The second-order valence-electron chi connectivity index (χ2n) is 3.87. The highest BCUT2D eigenvalue weighted by Crippen LogP contribution is 2.10. The smallest absolute Gasteiger partial charge is 0.265 e. The van der Waals surface area contributed by atoms with Crippen molar-refractivity contribution >= 4 is 17.5 Å². The molecule has 19 heavy (non-hydrogen) atoms. The van der Waals surface area contributed by atoms with Crippen LogP contribution in [0, 0.1) is 0 Å². The number of anilines is 1. The summed E-state index contributed by atoms with van der Waals surface area (Å²) >= 11 is 0. The molecule has 2 amide bonds. The summed E-state index contributed by atoms with van der Waals surface area (Å²) in [5.74, 6) is -0.891. The first-order chi connectivity index (χ1) is 8.90. The van der Waals surface area contributed by atoms with Gasteiger partial charge in [-0.25, -0.2) is 8.78 Å². The summed E-state index contributed by atoms with van der Waals surface area (Å²) in [5, 5.41) is 13.5. The second-order valence-corrected chi connectivity index (χ2v) is 3.87. The van der Waals surface area contributed by atoms with Gasteiger partial charge in [0.1, 0.15) is 6.10 Å². The summed E-state index contributed by atoms with van der Waals surface area (Å²) in [6.45, 7) is 0.784. The zero-order chi connectivity index (χ0) is 14.4. The van der Waals surface area contributed by atoms with E-state index in [1.54, 1.807) is 12.1 Å². The molecule has 3 N–H and O–H groups in total. The number of hydrogen-bond acceptors (Lipinski definition) is 3. The van der Waals surface area contributed by atoms with Crippen LogP contribution in [0.2, 0.25) is 0 Å². The van der Waals surface area contributed by atoms with Crippen LogP contribution in [-0.4, -0.2) is 36.0 Å². The monoisotopic (exact) mass is 272 g/mol. The number of aliphatic hydroxyl groups is 1. The molecule has 1 aromatic carbocycles. The number of amides is 2. The van der Waals surface area contributed by atoms with Crippen LogP contribution in [0.1, 0.15) is 17.3 Å². The Morgan fingerprint density at radius 3 is 2.63 bits per heavy atom. The lowest BCUT2D eigenvalue weighted by molar-refractivity contribution is -0.114. The number of aliphatic hydroxyl groups excluding tert-OH is 1. The van der Waals surface area contributed by atoms with Crippen LogP contribution < -0.4 is 10.6 Å². The minimum absolute atomic E-state index is 0.202. The highest BCUT2D eigenvalue weighted by atomic mass is 19.3. The molecule has 0 aliphatic carbocycles. The van der Waals surface area contributed by atoms with Crippen LogP contribution in [0.4, 0.5) is 14.5 Å². The third kappa shape index (κ3) is 5.01. The molecule has 1 unspecified atom stereocenters.